The lowest BCUT2D eigenvalue weighted by Gasteiger charge is -2.18. The normalized spacial score (nSPS) is 13.5. The number of rotatable bonds is 2. The predicted octanol–water partition coefficient (Wildman–Crippen LogP) is 2.42. The molecule has 8 heteroatoms. The molecule has 0 amide bonds. The van der Waals surface area contributed by atoms with Crippen molar-refractivity contribution in [2.45, 2.75) is 12.2 Å². The highest BCUT2D eigenvalue weighted by Gasteiger charge is 2.40. The van der Waals surface area contributed by atoms with Crippen molar-refractivity contribution in [2.24, 2.45) is 5.73 Å². The number of alkyl halides is 3. The molecule has 0 saturated carbocycles. The molecule has 1 aromatic rings. The number of phenols is 1. The summed E-state index contributed by atoms with van der Waals surface area (Å²) in [6.45, 7) is 0. The first-order chi connectivity index (χ1) is 7.64. The third-order valence-electron chi connectivity index (χ3n) is 2.02. The molecule has 0 radical (unpaired) electrons. The van der Waals surface area contributed by atoms with E-state index in [-0.39, 0.29) is 4.47 Å². The number of hydrogen-bond donors (Lipinski definition) is 3. The quantitative estimate of drug-likeness (QED) is 0.783. The van der Waals surface area contributed by atoms with Crippen LogP contribution >= 0.6 is 15.9 Å². The number of aromatic carboxylic acids is 1. The molecule has 0 saturated heterocycles. The second-order valence-electron chi connectivity index (χ2n) is 3.22. The molecule has 0 aromatic heterocycles. The Morgan fingerprint density at radius 2 is 1.94 bits per heavy atom. The highest BCUT2D eigenvalue weighted by Crippen LogP contribution is 2.38. The summed E-state index contributed by atoms with van der Waals surface area (Å²) in [5, 5.41) is 18.1. The molecule has 4 N–H and O–H groups in total. The molecule has 0 aliphatic heterocycles. The van der Waals surface area contributed by atoms with Crippen molar-refractivity contribution >= 4 is 21.9 Å². The first-order valence-electron chi connectivity index (χ1n) is 4.22. The van der Waals surface area contributed by atoms with Crippen LogP contribution in [0.3, 0.4) is 0 Å². The van der Waals surface area contributed by atoms with Crippen molar-refractivity contribution in [1.82, 2.24) is 0 Å². The van der Waals surface area contributed by atoms with Crippen molar-refractivity contribution in [3.8, 4) is 5.75 Å². The van der Waals surface area contributed by atoms with Gasteiger partial charge in [0.15, 0.2) is 0 Å². The number of hydrogen-bond acceptors (Lipinski definition) is 3. The van der Waals surface area contributed by atoms with Gasteiger partial charge in [0.1, 0.15) is 17.4 Å². The van der Waals surface area contributed by atoms with E-state index in [2.05, 4.69) is 15.9 Å². The lowest BCUT2D eigenvalue weighted by molar-refractivity contribution is -0.149. The zero-order valence-electron chi connectivity index (χ0n) is 8.12. The van der Waals surface area contributed by atoms with Crippen molar-refractivity contribution in [2.75, 3.05) is 0 Å². The number of carbonyl (C=O) groups is 1. The molecule has 94 valence electrons. The summed E-state index contributed by atoms with van der Waals surface area (Å²) in [5.74, 6) is -2.52. The lowest BCUT2D eigenvalue weighted by Crippen LogP contribution is -2.28. The summed E-state index contributed by atoms with van der Waals surface area (Å²) in [6.07, 6.45) is -4.77. The van der Waals surface area contributed by atoms with Gasteiger partial charge >= 0.3 is 12.1 Å². The van der Waals surface area contributed by atoms with Crippen molar-refractivity contribution < 1.29 is 28.2 Å². The van der Waals surface area contributed by atoms with E-state index in [9.17, 15) is 23.1 Å². The molecule has 0 heterocycles. The summed E-state index contributed by atoms with van der Waals surface area (Å²) in [4.78, 5) is 10.7. The Hall–Kier alpha value is -1.28. The molecule has 0 unspecified atom stereocenters. The topological polar surface area (TPSA) is 83.6 Å². The Morgan fingerprint density at radius 3 is 2.35 bits per heavy atom. The van der Waals surface area contributed by atoms with Gasteiger partial charge in [0.2, 0.25) is 0 Å². The van der Waals surface area contributed by atoms with Gasteiger partial charge in [-0.2, -0.15) is 13.2 Å². The zero-order valence-corrected chi connectivity index (χ0v) is 9.71. The largest absolute Gasteiger partial charge is 0.507 e. The van der Waals surface area contributed by atoms with Gasteiger partial charge < -0.3 is 15.9 Å². The molecular weight excluding hydrogens is 307 g/mol. The van der Waals surface area contributed by atoms with E-state index in [4.69, 9.17) is 10.8 Å². The summed E-state index contributed by atoms with van der Waals surface area (Å²) in [7, 11) is 0. The maximum absolute atomic E-state index is 12.4. The van der Waals surface area contributed by atoms with Gasteiger partial charge in [0, 0.05) is 10.0 Å². The van der Waals surface area contributed by atoms with Gasteiger partial charge in [-0.05, 0) is 12.1 Å². The van der Waals surface area contributed by atoms with Crippen LogP contribution in [0.4, 0.5) is 13.2 Å². The third-order valence-corrected chi connectivity index (χ3v) is 2.48. The summed E-state index contributed by atoms with van der Waals surface area (Å²) in [5.41, 5.74) is 3.58. The third kappa shape index (κ3) is 2.89. The molecule has 0 aliphatic carbocycles. The van der Waals surface area contributed by atoms with Gasteiger partial charge in [-0.25, -0.2) is 4.79 Å². The number of nitrogens with two attached hydrogens (primary N) is 1. The van der Waals surface area contributed by atoms with Crippen LogP contribution in [0.25, 0.3) is 0 Å². The molecule has 0 spiro atoms. The van der Waals surface area contributed by atoms with Crippen LogP contribution in [-0.4, -0.2) is 22.4 Å². The maximum atomic E-state index is 12.4. The van der Waals surface area contributed by atoms with E-state index in [1.54, 1.807) is 0 Å². The Kier molecular flexibility index (Phi) is 3.68. The highest BCUT2D eigenvalue weighted by atomic mass is 79.9. The molecular formula is C9H7BrF3NO3. The molecule has 1 atom stereocenters. The van der Waals surface area contributed by atoms with E-state index in [0.29, 0.717) is 0 Å². The van der Waals surface area contributed by atoms with Crippen molar-refractivity contribution in [1.29, 1.82) is 0 Å². The number of halogens is 4. The average Bonchev–Trinajstić information content (AvgIpc) is 2.18. The van der Waals surface area contributed by atoms with Gasteiger partial charge in [-0.3, -0.25) is 0 Å². The van der Waals surface area contributed by atoms with Gasteiger partial charge in [0.25, 0.3) is 0 Å². The molecule has 17 heavy (non-hydrogen) atoms. The Balaban J connectivity index is 3.40. The predicted molar refractivity (Wildman–Crippen MR) is 55.7 cm³/mol. The van der Waals surface area contributed by atoms with Crippen LogP contribution in [0, 0.1) is 0 Å². The molecule has 1 rings (SSSR count). The molecule has 0 aliphatic rings. The second-order valence-corrected chi connectivity index (χ2v) is 4.13. The van der Waals surface area contributed by atoms with E-state index in [1.807, 2.05) is 0 Å². The number of carboxylic acids is 1. The minimum absolute atomic E-state index is 0.0856. The van der Waals surface area contributed by atoms with E-state index >= 15 is 0 Å². The first kappa shape index (κ1) is 13.8. The Labute approximate surface area is 102 Å². The minimum Gasteiger partial charge on any atom is -0.507 e. The van der Waals surface area contributed by atoms with Crippen LogP contribution < -0.4 is 5.73 Å². The van der Waals surface area contributed by atoms with Crippen LogP contribution in [0.1, 0.15) is 22.0 Å². The monoisotopic (exact) mass is 313 g/mol. The van der Waals surface area contributed by atoms with Crippen molar-refractivity contribution in [3.63, 3.8) is 0 Å². The summed E-state index contributed by atoms with van der Waals surface area (Å²) < 4.78 is 37.2. The standard InChI is InChI=1S/C9H7BrF3NO3/c10-3-1-4(7(14)9(11,12)13)6(15)5(2-3)8(16)17/h1-2,7,15H,14H2,(H,16,17)/t7-/m1/s1. The van der Waals surface area contributed by atoms with Gasteiger partial charge in [-0.1, -0.05) is 15.9 Å². The zero-order chi connectivity index (χ0) is 13.4. The number of carboxylic acid groups (broad SMARTS) is 1. The van der Waals surface area contributed by atoms with Crippen molar-refractivity contribution in [3.05, 3.63) is 27.7 Å². The smallest absolute Gasteiger partial charge is 0.407 e. The van der Waals surface area contributed by atoms with Crippen LogP contribution in [0.5, 0.6) is 5.75 Å². The Bertz CT molecular complexity index is 462. The highest BCUT2D eigenvalue weighted by molar-refractivity contribution is 9.10. The number of aromatic hydroxyl groups is 1. The Morgan fingerprint density at radius 1 is 1.41 bits per heavy atom. The molecule has 0 fully saturated rings. The van der Waals surface area contributed by atoms with Crippen LogP contribution in [-0.2, 0) is 0 Å². The fourth-order valence-corrected chi connectivity index (χ4v) is 1.67. The average molecular weight is 314 g/mol. The summed E-state index contributed by atoms with van der Waals surface area (Å²) in [6, 6.07) is -0.525. The van der Waals surface area contributed by atoms with Crippen LogP contribution in [0.2, 0.25) is 0 Å². The van der Waals surface area contributed by atoms with E-state index < -0.39 is 35.1 Å². The SMILES string of the molecule is N[C@H](c1cc(Br)cc(C(=O)O)c1O)C(F)(F)F. The van der Waals surface area contributed by atoms with Gasteiger partial charge in [-0.15, -0.1) is 0 Å². The summed E-state index contributed by atoms with van der Waals surface area (Å²) >= 11 is 2.85. The van der Waals surface area contributed by atoms with Crippen LogP contribution in [0.15, 0.2) is 16.6 Å². The number of benzene rings is 1. The minimum atomic E-state index is -4.77. The maximum Gasteiger partial charge on any atom is 0.407 e. The fourth-order valence-electron chi connectivity index (χ4n) is 1.20. The fraction of sp³-hybridized carbons (Fsp3) is 0.222. The van der Waals surface area contributed by atoms with Gasteiger partial charge in [0.05, 0.1) is 0 Å². The van der Waals surface area contributed by atoms with E-state index in [0.717, 1.165) is 12.1 Å². The molecule has 4 nitrogen and oxygen atoms in total. The molecule has 1 aromatic carbocycles. The first-order valence-corrected chi connectivity index (χ1v) is 5.02. The second kappa shape index (κ2) is 4.53. The lowest BCUT2D eigenvalue weighted by atomic mass is 10.0. The molecule has 0 bridgehead atoms. The van der Waals surface area contributed by atoms with E-state index in [1.165, 1.54) is 0 Å².